The molecule has 17 heavy (non-hydrogen) atoms. The summed E-state index contributed by atoms with van der Waals surface area (Å²) < 4.78 is 22.8. The van der Waals surface area contributed by atoms with Gasteiger partial charge in [-0.2, -0.15) is 0 Å². The summed E-state index contributed by atoms with van der Waals surface area (Å²) in [5, 5.41) is 3.57. The molecule has 4 nitrogen and oxygen atoms in total. The summed E-state index contributed by atoms with van der Waals surface area (Å²) in [7, 11) is -2.78. The van der Waals surface area contributed by atoms with Crippen molar-refractivity contribution in [2.75, 3.05) is 37.7 Å². The summed E-state index contributed by atoms with van der Waals surface area (Å²) in [6, 6.07) is 0.659. The highest BCUT2D eigenvalue weighted by Gasteiger charge is 2.33. The molecule has 0 spiro atoms. The fraction of sp³-hybridized carbons (Fsp3) is 1.00. The molecule has 0 bridgehead atoms. The maximum absolute atomic E-state index is 11.4. The summed E-state index contributed by atoms with van der Waals surface area (Å²) in [6.45, 7) is 6.08. The number of likely N-dealkylation sites (tertiary alicyclic amines) is 1. The van der Waals surface area contributed by atoms with Crippen LogP contribution >= 0.6 is 0 Å². The van der Waals surface area contributed by atoms with Crippen LogP contribution in [0.2, 0.25) is 0 Å². The first-order valence-corrected chi connectivity index (χ1v) is 8.59. The number of piperidine rings is 1. The number of fused-ring (bicyclic) bond motifs is 1. The van der Waals surface area contributed by atoms with Crippen LogP contribution in [0.1, 0.15) is 26.2 Å². The number of sulfone groups is 1. The van der Waals surface area contributed by atoms with Crippen LogP contribution in [0.25, 0.3) is 0 Å². The molecule has 0 radical (unpaired) electrons. The Morgan fingerprint density at radius 1 is 1.35 bits per heavy atom. The van der Waals surface area contributed by atoms with Crippen LogP contribution in [0.3, 0.4) is 0 Å². The van der Waals surface area contributed by atoms with E-state index < -0.39 is 9.84 Å². The van der Waals surface area contributed by atoms with Crippen molar-refractivity contribution in [2.45, 2.75) is 32.2 Å². The van der Waals surface area contributed by atoms with E-state index in [4.69, 9.17) is 0 Å². The molecule has 0 amide bonds. The molecule has 0 saturated carbocycles. The molecule has 2 aliphatic rings. The second-order valence-electron chi connectivity index (χ2n) is 5.31. The van der Waals surface area contributed by atoms with Crippen molar-refractivity contribution in [3.05, 3.63) is 0 Å². The molecule has 0 aromatic carbocycles. The van der Waals surface area contributed by atoms with E-state index in [1.54, 1.807) is 6.92 Å². The van der Waals surface area contributed by atoms with Gasteiger partial charge in [0.05, 0.1) is 5.75 Å². The van der Waals surface area contributed by atoms with Gasteiger partial charge in [0.25, 0.3) is 0 Å². The highest BCUT2D eigenvalue weighted by molar-refractivity contribution is 7.91. The zero-order valence-corrected chi connectivity index (χ0v) is 11.5. The molecule has 2 aliphatic heterocycles. The van der Waals surface area contributed by atoms with Crippen molar-refractivity contribution in [1.82, 2.24) is 10.2 Å². The molecular formula is C12H24N2O2S. The monoisotopic (exact) mass is 260 g/mol. The first kappa shape index (κ1) is 13.3. The molecule has 2 unspecified atom stereocenters. The fourth-order valence-electron chi connectivity index (χ4n) is 2.97. The Bertz CT molecular complexity index is 328. The molecule has 5 heteroatoms. The Morgan fingerprint density at radius 3 is 2.88 bits per heavy atom. The second kappa shape index (κ2) is 5.67. The van der Waals surface area contributed by atoms with Crippen molar-refractivity contribution >= 4 is 9.84 Å². The Morgan fingerprint density at radius 2 is 2.18 bits per heavy atom. The van der Waals surface area contributed by atoms with E-state index in [1.165, 1.54) is 12.8 Å². The number of hydrogen-bond acceptors (Lipinski definition) is 4. The molecule has 2 fully saturated rings. The molecule has 2 atom stereocenters. The van der Waals surface area contributed by atoms with Crippen molar-refractivity contribution < 1.29 is 8.42 Å². The molecule has 2 heterocycles. The van der Waals surface area contributed by atoms with Crippen LogP contribution in [0.15, 0.2) is 0 Å². The van der Waals surface area contributed by atoms with Crippen LogP contribution in [-0.2, 0) is 9.84 Å². The topological polar surface area (TPSA) is 49.4 Å². The molecule has 0 aromatic rings. The first-order chi connectivity index (χ1) is 8.11. The lowest BCUT2D eigenvalue weighted by Gasteiger charge is -2.24. The van der Waals surface area contributed by atoms with E-state index in [0.717, 1.165) is 38.5 Å². The second-order valence-corrected chi connectivity index (χ2v) is 7.79. The standard InChI is InChI=1S/C12H24N2O2S/c1-2-17(15,16)8-4-7-14-9-11-5-3-6-13-12(11)10-14/h11-13H,2-10H2,1H3. The van der Waals surface area contributed by atoms with Crippen LogP contribution in [0, 0.1) is 5.92 Å². The van der Waals surface area contributed by atoms with Gasteiger partial charge in [-0.25, -0.2) is 8.42 Å². The van der Waals surface area contributed by atoms with Crippen LogP contribution in [-0.4, -0.2) is 57.0 Å². The van der Waals surface area contributed by atoms with Gasteiger partial charge in [-0.3, -0.25) is 0 Å². The number of nitrogens with one attached hydrogen (secondary N) is 1. The zero-order chi connectivity index (χ0) is 12.3. The van der Waals surface area contributed by atoms with Gasteiger partial charge in [-0.05, 0) is 38.3 Å². The minimum atomic E-state index is -2.78. The van der Waals surface area contributed by atoms with Crippen molar-refractivity contribution in [3.8, 4) is 0 Å². The molecular weight excluding hydrogens is 236 g/mol. The van der Waals surface area contributed by atoms with Gasteiger partial charge in [0.1, 0.15) is 9.84 Å². The van der Waals surface area contributed by atoms with Gasteiger partial charge in [0.15, 0.2) is 0 Å². The van der Waals surface area contributed by atoms with Crippen LogP contribution < -0.4 is 5.32 Å². The summed E-state index contributed by atoms with van der Waals surface area (Å²) in [5.74, 6) is 1.43. The van der Waals surface area contributed by atoms with Gasteiger partial charge in [0.2, 0.25) is 0 Å². The molecule has 2 saturated heterocycles. The fourth-order valence-corrected chi connectivity index (χ4v) is 3.83. The predicted octanol–water partition coefficient (Wildman–Crippen LogP) is 0.495. The van der Waals surface area contributed by atoms with Gasteiger partial charge < -0.3 is 10.2 Å². The van der Waals surface area contributed by atoms with E-state index in [9.17, 15) is 8.42 Å². The molecule has 0 aromatic heterocycles. The highest BCUT2D eigenvalue weighted by Crippen LogP contribution is 2.24. The SMILES string of the molecule is CCS(=O)(=O)CCCN1CC2CCCNC2C1. The van der Waals surface area contributed by atoms with Gasteiger partial charge in [-0.15, -0.1) is 0 Å². The van der Waals surface area contributed by atoms with E-state index >= 15 is 0 Å². The average molecular weight is 260 g/mol. The Hall–Kier alpha value is -0.130. The third kappa shape index (κ3) is 3.66. The molecule has 2 rings (SSSR count). The smallest absolute Gasteiger partial charge is 0.150 e. The van der Waals surface area contributed by atoms with E-state index in [-0.39, 0.29) is 5.75 Å². The lowest BCUT2D eigenvalue weighted by molar-refractivity contribution is 0.320. The molecule has 0 aliphatic carbocycles. The third-order valence-corrected chi connectivity index (χ3v) is 5.83. The zero-order valence-electron chi connectivity index (χ0n) is 10.7. The summed E-state index contributed by atoms with van der Waals surface area (Å²) in [4.78, 5) is 2.43. The number of nitrogens with zero attached hydrogens (tertiary/aromatic N) is 1. The Kier molecular flexibility index (Phi) is 4.44. The minimum absolute atomic E-state index is 0.278. The maximum atomic E-state index is 11.4. The van der Waals surface area contributed by atoms with E-state index in [0.29, 0.717) is 11.8 Å². The van der Waals surface area contributed by atoms with Crippen LogP contribution in [0.5, 0.6) is 0 Å². The van der Waals surface area contributed by atoms with E-state index in [1.807, 2.05) is 0 Å². The van der Waals surface area contributed by atoms with Crippen molar-refractivity contribution in [1.29, 1.82) is 0 Å². The van der Waals surface area contributed by atoms with Crippen molar-refractivity contribution in [2.24, 2.45) is 5.92 Å². The summed E-state index contributed by atoms with van der Waals surface area (Å²) >= 11 is 0. The lowest BCUT2D eigenvalue weighted by atomic mass is 9.94. The minimum Gasteiger partial charge on any atom is -0.312 e. The third-order valence-electron chi connectivity index (χ3n) is 4.04. The normalized spacial score (nSPS) is 30.4. The summed E-state index contributed by atoms with van der Waals surface area (Å²) in [5.41, 5.74) is 0. The first-order valence-electron chi connectivity index (χ1n) is 6.77. The van der Waals surface area contributed by atoms with Crippen molar-refractivity contribution in [3.63, 3.8) is 0 Å². The molecule has 1 N–H and O–H groups in total. The van der Waals surface area contributed by atoms with Gasteiger partial charge in [-0.1, -0.05) is 6.92 Å². The van der Waals surface area contributed by atoms with E-state index in [2.05, 4.69) is 10.2 Å². The predicted molar refractivity (Wildman–Crippen MR) is 69.9 cm³/mol. The largest absolute Gasteiger partial charge is 0.312 e. The highest BCUT2D eigenvalue weighted by atomic mass is 32.2. The number of hydrogen-bond donors (Lipinski definition) is 1. The van der Waals surface area contributed by atoms with Crippen LogP contribution in [0.4, 0.5) is 0 Å². The van der Waals surface area contributed by atoms with Gasteiger partial charge >= 0.3 is 0 Å². The molecule has 100 valence electrons. The Labute approximate surface area is 105 Å². The summed E-state index contributed by atoms with van der Waals surface area (Å²) in [6.07, 6.45) is 3.41. The lowest BCUT2D eigenvalue weighted by Crippen LogP contribution is -2.40. The average Bonchev–Trinajstić information content (AvgIpc) is 2.71. The Balaban J connectivity index is 1.71. The number of rotatable bonds is 5. The maximum Gasteiger partial charge on any atom is 0.150 e. The quantitative estimate of drug-likeness (QED) is 0.782. The van der Waals surface area contributed by atoms with Gasteiger partial charge in [0, 0.05) is 24.9 Å².